The topological polar surface area (TPSA) is 76.1 Å². The summed E-state index contributed by atoms with van der Waals surface area (Å²) in [4.78, 5) is 24.6. The molecule has 0 aliphatic rings. The van der Waals surface area contributed by atoms with E-state index in [1.807, 2.05) is 18.2 Å². The number of aliphatic carboxylic acids is 1. The maximum Gasteiger partial charge on any atom is 0.415 e. The van der Waals surface area contributed by atoms with E-state index < -0.39 is 24.2 Å². The van der Waals surface area contributed by atoms with Crippen LogP contribution in [0.15, 0.2) is 24.3 Å². The summed E-state index contributed by atoms with van der Waals surface area (Å²) in [7, 11) is 1.58. The first-order chi connectivity index (χ1) is 10.7. The molecule has 0 fully saturated rings. The zero-order valence-electron chi connectivity index (χ0n) is 13.5. The van der Waals surface area contributed by atoms with Crippen LogP contribution in [0.5, 0.6) is 5.75 Å². The molecular weight excluding hydrogens is 318 g/mol. The summed E-state index contributed by atoms with van der Waals surface area (Å²) in [5.74, 6) is -0.408. The van der Waals surface area contributed by atoms with Crippen molar-refractivity contribution in [2.75, 3.05) is 18.6 Å². The summed E-state index contributed by atoms with van der Waals surface area (Å²) < 4.78 is 11.4. The first-order valence-corrected chi connectivity index (χ1v) is 7.81. The molecule has 0 unspecified atom stereocenters. The van der Waals surface area contributed by atoms with Crippen molar-refractivity contribution < 1.29 is 24.2 Å². The Morgan fingerprint density at radius 1 is 1.26 bits per heavy atom. The normalized spacial score (nSPS) is 11.3. The molecule has 6 nitrogen and oxygen atoms in total. The van der Waals surface area contributed by atoms with Gasteiger partial charge in [-0.1, -0.05) is 0 Å². The largest absolute Gasteiger partial charge is 0.497 e. The molecule has 0 aliphatic carbocycles. The molecule has 2 aromatic rings. The minimum atomic E-state index is -1.11. The third kappa shape index (κ3) is 4.35. The average molecular weight is 337 g/mol. The van der Waals surface area contributed by atoms with Crippen LogP contribution in [0.3, 0.4) is 0 Å². The van der Waals surface area contributed by atoms with Gasteiger partial charge in [0.25, 0.3) is 0 Å². The Kier molecular flexibility index (Phi) is 4.79. The van der Waals surface area contributed by atoms with Crippen molar-refractivity contribution in [3.63, 3.8) is 0 Å². The van der Waals surface area contributed by atoms with Gasteiger partial charge < -0.3 is 14.6 Å². The third-order valence-corrected chi connectivity index (χ3v) is 4.02. The van der Waals surface area contributed by atoms with Crippen LogP contribution in [-0.2, 0) is 9.53 Å². The molecule has 1 amide bonds. The molecule has 2 rings (SSSR count). The van der Waals surface area contributed by atoms with Crippen LogP contribution in [0, 0.1) is 0 Å². The van der Waals surface area contributed by atoms with Gasteiger partial charge in [-0.3, -0.25) is 9.69 Å². The van der Waals surface area contributed by atoms with Crippen molar-refractivity contribution in [1.82, 2.24) is 0 Å². The van der Waals surface area contributed by atoms with E-state index in [-0.39, 0.29) is 0 Å². The molecule has 0 atom stereocenters. The van der Waals surface area contributed by atoms with Gasteiger partial charge in [-0.05, 0) is 50.4 Å². The Labute approximate surface area is 138 Å². The van der Waals surface area contributed by atoms with E-state index in [0.717, 1.165) is 15.0 Å². The number of carbonyl (C=O) groups excluding carboxylic acids is 1. The van der Waals surface area contributed by atoms with Crippen LogP contribution in [0.25, 0.3) is 10.1 Å². The molecule has 1 aromatic heterocycles. The van der Waals surface area contributed by atoms with E-state index in [1.54, 1.807) is 33.9 Å². The van der Waals surface area contributed by atoms with Gasteiger partial charge in [0.05, 0.1) is 7.11 Å². The first-order valence-electron chi connectivity index (χ1n) is 6.99. The molecule has 23 heavy (non-hydrogen) atoms. The zero-order valence-corrected chi connectivity index (χ0v) is 14.3. The fourth-order valence-corrected chi connectivity index (χ4v) is 2.98. The van der Waals surface area contributed by atoms with Gasteiger partial charge in [0.15, 0.2) is 0 Å². The van der Waals surface area contributed by atoms with Gasteiger partial charge in [0, 0.05) is 4.70 Å². The predicted octanol–water partition coefficient (Wildman–Crippen LogP) is 3.74. The summed E-state index contributed by atoms with van der Waals surface area (Å²) in [6, 6.07) is 7.28. The number of methoxy groups -OCH3 is 1. The summed E-state index contributed by atoms with van der Waals surface area (Å²) in [5.41, 5.74) is -0.701. The van der Waals surface area contributed by atoms with Gasteiger partial charge in [-0.25, -0.2) is 4.79 Å². The maximum atomic E-state index is 12.3. The highest BCUT2D eigenvalue weighted by atomic mass is 32.1. The second kappa shape index (κ2) is 6.45. The summed E-state index contributed by atoms with van der Waals surface area (Å²) in [5, 5.41) is 10.5. The molecule has 0 bridgehead atoms. The Balaban J connectivity index is 2.38. The summed E-state index contributed by atoms with van der Waals surface area (Å²) in [6.07, 6.45) is -0.682. The second-order valence-electron chi connectivity index (χ2n) is 5.95. The van der Waals surface area contributed by atoms with Crippen molar-refractivity contribution in [3.8, 4) is 5.75 Å². The monoisotopic (exact) mass is 337 g/mol. The van der Waals surface area contributed by atoms with Crippen molar-refractivity contribution in [1.29, 1.82) is 0 Å². The number of carboxylic acid groups (broad SMARTS) is 1. The van der Waals surface area contributed by atoms with E-state index in [4.69, 9.17) is 14.6 Å². The quantitative estimate of drug-likeness (QED) is 0.920. The molecule has 0 saturated carbocycles. The number of nitrogens with zero attached hydrogens (tertiary/aromatic N) is 1. The molecule has 1 N–H and O–H groups in total. The molecular formula is C16H19NO5S. The Morgan fingerprint density at radius 3 is 2.52 bits per heavy atom. The lowest BCUT2D eigenvalue weighted by molar-refractivity contribution is -0.135. The molecule has 7 heteroatoms. The van der Waals surface area contributed by atoms with Gasteiger partial charge in [-0.15, -0.1) is 11.3 Å². The SMILES string of the molecule is COc1ccc2sc(N(CC(=O)O)C(=O)OC(C)(C)C)cc2c1. The molecule has 0 aliphatic heterocycles. The molecule has 0 saturated heterocycles. The van der Waals surface area contributed by atoms with Crippen LogP contribution in [-0.4, -0.2) is 36.4 Å². The van der Waals surface area contributed by atoms with E-state index in [9.17, 15) is 9.59 Å². The third-order valence-electron chi connectivity index (χ3n) is 2.88. The first kappa shape index (κ1) is 17.1. The van der Waals surface area contributed by atoms with E-state index in [1.165, 1.54) is 11.3 Å². The van der Waals surface area contributed by atoms with Crippen LogP contribution in [0.2, 0.25) is 0 Å². The number of ether oxygens (including phenoxy) is 2. The van der Waals surface area contributed by atoms with Crippen LogP contribution < -0.4 is 9.64 Å². The van der Waals surface area contributed by atoms with E-state index in [2.05, 4.69) is 0 Å². The lowest BCUT2D eigenvalue weighted by Gasteiger charge is -2.25. The number of rotatable bonds is 4. The number of carbonyl (C=O) groups is 2. The lowest BCUT2D eigenvalue weighted by Crippen LogP contribution is -2.39. The van der Waals surface area contributed by atoms with Crippen molar-refractivity contribution >= 4 is 38.5 Å². The number of carboxylic acids is 1. The minimum Gasteiger partial charge on any atom is -0.497 e. The number of fused-ring (bicyclic) bond motifs is 1. The molecule has 0 spiro atoms. The van der Waals surface area contributed by atoms with Gasteiger partial charge in [-0.2, -0.15) is 0 Å². The fraction of sp³-hybridized carbons (Fsp3) is 0.375. The predicted molar refractivity (Wildman–Crippen MR) is 89.6 cm³/mol. The molecule has 1 aromatic carbocycles. The lowest BCUT2D eigenvalue weighted by atomic mass is 10.2. The standard InChI is InChI=1S/C16H19NO5S/c1-16(2,3)22-15(20)17(9-14(18)19)13-8-10-7-11(21-4)5-6-12(10)23-13/h5-8H,9H2,1-4H3,(H,18,19). The number of anilines is 1. The average Bonchev–Trinajstić information content (AvgIpc) is 2.84. The van der Waals surface area contributed by atoms with Crippen LogP contribution >= 0.6 is 11.3 Å². The smallest absolute Gasteiger partial charge is 0.415 e. The van der Waals surface area contributed by atoms with Crippen LogP contribution in [0.1, 0.15) is 20.8 Å². The number of hydrogen-bond donors (Lipinski definition) is 1. The number of benzene rings is 1. The highest BCUT2D eigenvalue weighted by Crippen LogP contribution is 2.35. The fourth-order valence-electron chi connectivity index (χ4n) is 1.95. The summed E-state index contributed by atoms with van der Waals surface area (Å²) in [6.45, 7) is 4.75. The van der Waals surface area contributed by atoms with Gasteiger partial charge in [0.2, 0.25) is 0 Å². The Hall–Kier alpha value is -2.28. The highest BCUT2D eigenvalue weighted by molar-refractivity contribution is 7.23. The molecule has 124 valence electrons. The number of amides is 1. The van der Waals surface area contributed by atoms with Gasteiger partial charge in [0.1, 0.15) is 22.9 Å². The second-order valence-corrected chi connectivity index (χ2v) is 7.01. The molecule has 1 heterocycles. The van der Waals surface area contributed by atoms with Crippen molar-refractivity contribution in [3.05, 3.63) is 24.3 Å². The van der Waals surface area contributed by atoms with E-state index >= 15 is 0 Å². The number of thiophene rings is 1. The minimum absolute atomic E-state index is 0.459. The zero-order chi connectivity index (χ0) is 17.2. The van der Waals surface area contributed by atoms with Gasteiger partial charge >= 0.3 is 12.1 Å². The Bertz CT molecular complexity index is 732. The number of hydrogen-bond acceptors (Lipinski definition) is 5. The van der Waals surface area contributed by atoms with Crippen molar-refractivity contribution in [2.45, 2.75) is 26.4 Å². The van der Waals surface area contributed by atoms with Crippen LogP contribution in [0.4, 0.5) is 9.80 Å². The Morgan fingerprint density at radius 2 is 1.96 bits per heavy atom. The maximum absolute atomic E-state index is 12.3. The molecule has 0 radical (unpaired) electrons. The van der Waals surface area contributed by atoms with E-state index in [0.29, 0.717) is 10.8 Å². The summed E-state index contributed by atoms with van der Waals surface area (Å²) >= 11 is 1.33. The van der Waals surface area contributed by atoms with Crippen molar-refractivity contribution in [2.24, 2.45) is 0 Å². The highest BCUT2D eigenvalue weighted by Gasteiger charge is 2.26.